The van der Waals surface area contributed by atoms with E-state index in [9.17, 15) is 9.59 Å². The van der Waals surface area contributed by atoms with E-state index in [1.165, 1.54) is 10.9 Å². The topological polar surface area (TPSA) is 75.3 Å². The van der Waals surface area contributed by atoms with Crippen LogP contribution in [0.2, 0.25) is 0 Å². The number of amides is 1. The molecule has 1 atom stereocenters. The molecule has 23 heavy (non-hydrogen) atoms. The SMILES string of the molecule is Cc1nc(C2CN(C(=O)Cc3ccc(C)s3)CCO2)cc(=O)[nH]1. The zero-order valence-corrected chi connectivity index (χ0v) is 14.0. The average molecular weight is 333 g/mol. The summed E-state index contributed by atoms with van der Waals surface area (Å²) < 4.78 is 5.70. The van der Waals surface area contributed by atoms with Crippen molar-refractivity contribution in [3.8, 4) is 0 Å². The molecule has 0 bridgehead atoms. The van der Waals surface area contributed by atoms with Gasteiger partial charge < -0.3 is 14.6 Å². The van der Waals surface area contributed by atoms with Gasteiger partial charge in [0.2, 0.25) is 5.91 Å². The third-order valence-corrected chi connectivity index (χ3v) is 4.75. The third kappa shape index (κ3) is 3.86. The number of hydrogen-bond donors (Lipinski definition) is 1. The van der Waals surface area contributed by atoms with Crippen molar-refractivity contribution in [2.45, 2.75) is 26.4 Å². The molecule has 7 heteroatoms. The lowest BCUT2D eigenvalue weighted by Gasteiger charge is -2.32. The first-order valence-electron chi connectivity index (χ1n) is 7.54. The van der Waals surface area contributed by atoms with Gasteiger partial charge in [0.25, 0.3) is 5.56 Å². The van der Waals surface area contributed by atoms with Gasteiger partial charge in [-0.05, 0) is 26.0 Å². The second-order valence-corrected chi connectivity index (χ2v) is 7.02. The molecule has 1 N–H and O–H groups in total. The predicted molar refractivity (Wildman–Crippen MR) is 87.6 cm³/mol. The van der Waals surface area contributed by atoms with Gasteiger partial charge in [0.15, 0.2) is 0 Å². The lowest BCUT2D eigenvalue weighted by Crippen LogP contribution is -2.43. The Labute approximate surface area is 138 Å². The van der Waals surface area contributed by atoms with Gasteiger partial charge in [-0.1, -0.05) is 0 Å². The van der Waals surface area contributed by atoms with Crippen molar-refractivity contribution in [2.75, 3.05) is 19.7 Å². The quantitative estimate of drug-likeness (QED) is 0.925. The molecule has 0 aliphatic carbocycles. The van der Waals surface area contributed by atoms with E-state index in [4.69, 9.17) is 4.74 Å². The molecule has 3 rings (SSSR count). The molecule has 2 aromatic rings. The molecule has 1 amide bonds. The average Bonchev–Trinajstić information content (AvgIpc) is 2.91. The molecular formula is C16H19N3O3S. The summed E-state index contributed by atoms with van der Waals surface area (Å²) in [7, 11) is 0. The zero-order chi connectivity index (χ0) is 16.4. The largest absolute Gasteiger partial charge is 0.368 e. The van der Waals surface area contributed by atoms with E-state index >= 15 is 0 Å². The normalized spacial score (nSPS) is 18.2. The Morgan fingerprint density at radius 2 is 2.30 bits per heavy atom. The molecular weight excluding hydrogens is 314 g/mol. The number of hydrogen-bond acceptors (Lipinski definition) is 5. The van der Waals surface area contributed by atoms with E-state index in [0.29, 0.717) is 37.6 Å². The van der Waals surface area contributed by atoms with Crippen molar-refractivity contribution in [3.05, 3.63) is 49.8 Å². The van der Waals surface area contributed by atoms with Gasteiger partial charge in [0.05, 0.1) is 25.3 Å². The maximum atomic E-state index is 12.5. The van der Waals surface area contributed by atoms with Gasteiger partial charge in [-0.25, -0.2) is 4.98 Å². The summed E-state index contributed by atoms with van der Waals surface area (Å²) >= 11 is 1.64. The molecule has 3 heterocycles. The van der Waals surface area contributed by atoms with E-state index in [2.05, 4.69) is 9.97 Å². The first-order chi connectivity index (χ1) is 11.0. The fraction of sp³-hybridized carbons (Fsp3) is 0.438. The van der Waals surface area contributed by atoms with E-state index in [-0.39, 0.29) is 17.6 Å². The highest BCUT2D eigenvalue weighted by molar-refractivity contribution is 7.12. The van der Waals surface area contributed by atoms with E-state index in [0.717, 1.165) is 4.88 Å². The molecule has 1 saturated heterocycles. The number of rotatable bonds is 3. The Bertz CT molecular complexity index is 768. The van der Waals surface area contributed by atoms with Gasteiger partial charge in [-0.2, -0.15) is 0 Å². The number of nitrogens with zero attached hydrogens (tertiary/aromatic N) is 2. The lowest BCUT2D eigenvalue weighted by molar-refractivity contribution is -0.138. The summed E-state index contributed by atoms with van der Waals surface area (Å²) in [6.45, 7) is 5.22. The summed E-state index contributed by atoms with van der Waals surface area (Å²) in [5.41, 5.74) is 0.379. The maximum absolute atomic E-state index is 12.5. The van der Waals surface area contributed by atoms with Crippen LogP contribution in [0.1, 0.15) is 27.4 Å². The van der Waals surface area contributed by atoms with E-state index < -0.39 is 0 Å². The molecule has 0 radical (unpaired) electrons. The van der Waals surface area contributed by atoms with Gasteiger partial charge in [0, 0.05) is 22.4 Å². The Morgan fingerprint density at radius 1 is 1.48 bits per heavy atom. The van der Waals surface area contributed by atoms with Crippen LogP contribution >= 0.6 is 11.3 Å². The van der Waals surface area contributed by atoms with Gasteiger partial charge in [-0.15, -0.1) is 11.3 Å². The fourth-order valence-electron chi connectivity index (χ4n) is 2.66. The molecule has 1 unspecified atom stereocenters. The van der Waals surface area contributed by atoms with Crippen LogP contribution in [-0.4, -0.2) is 40.5 Å². The maximum Gasteiger partial charge on any atom is 0.251 e. The summed E-state index contributed by atoms with van der Waals surface area (Å²) in [5, 5.41) is 0. The van der Waals surface area contributed by atoms with Crippen LogP contribution in [0.15, 0.2) is 23.0 Å². The highest BCUT2D eigenvalue weighted by atomic mass is 32.1. The Hall–Kier alpha value is -1.99. The Kier molecular flexibility index (Phi) is 4.58. The molecule has 0 spiro atoms. The van der Waals surface area contributed by atoms with Crippen molar-refractivity contribution < 1.29 is 9.53 Å². The van der Waals surface area contributed by atoms with Gasteiger partial charge in [-0.3, -0.25) is 9.59 Å². The summed E-state index contributed by atoms with van der Waals surface area (Å²) in [4.78, 5) is 35.1. The number of morpholine rings is 1. The summed E-state index contributed by atoms with van der Waals surface area (Å²) in [6.07, 6.45) is 0.0614. The number of carbonyl (C=O) groups excluding carboxylic acids is 1. The Balaban J connectivity index is 1.70. The Morgan fingerprint density at radius 3 is 3.00 bits per heavy atom. The number of aryl methyl sites for hydroxylation is 2. The molecule has 122 valence electrons. The van der Waals surface area contributed by atoms with Crippen molar-refractivity contribution >= 4 is 17.2 Å². The molecule has 1 aliphatic heterocycles. The van der Waals surface area contributed by atoms with E-state index in [1.54, 1.807) is 23.2 Å². The van der Waals surface area contributed by atoms with E-state index in [1.807, 2.05) is 19.1 Å². The third-order valence-electron chi connectivity index (χ3n) is 3.75. The monoisotopic (exact) mass is 333 g/mol. The molecule has 0 saturated carbocycles. The second-order valence-electron chi connectivity index (χ2n) is 5.64. The van der Waals surface area contributed by atoms with Gasteiger partial charge in [0.1, 0.15) is 11.9 Å². The van der Waals surface area contributed by atoms with Crippen LogP contribution in [-0.2, 0) is 16.0 Å². The zero-order valence-electron chi connectivity index (χ0n) is 13.2. The number of aromatic amines is 1. The van der Waals surface area contributed by atoms with Crippen molar-refractivity contribution in [3.63, 3.8) is 0 Å². The van der Waals surface area contributed by atoms with Crippen molar-refractivity contribution in [1.29, 1.82) is 0 Å². The number of nitrogens with one attached hydrogen (secondary N) is 1. The number of thiophene rings is 1. The fourth-order valence-corrected chi connectivity index (χ4v) is 3.54. The standard InChI is InChI=1S/C16H19N3O3S/c1-10-3-4-12(23-10)7-16(21)19-5-6-22-14(9-19)13-8-15(20)18-11(2)17-13/h3-4,8,14H,5-7,9H2,1-2H3,(H,17,18,20). The first kappa shape index (κ1) is 15.9. The highest BCUT2D eigenvalue weighted by Crippen LogP contribution is 2.22. The first-order valence-corrected chi connectivity index (χ1v) is 8.35. The molecule has 1 fully saturated rings. The summed E-state index contributed by atoms with van der Waals surface area (Å²) in [6, 6.07) is 5.46. The minimum Gasteiger partial charge on any atom is -0.368 e. The summed E-state index contributed by atoms with van der Waals surface area (Å²) in [5.74, 6) is 0.635. The minimum absolute atomic E-state index is 0.0849. The number of aromatic nitrogens is 2. The molecule has 1 aliphatic rings. The highest BCUT2D eigenvalue weighted by Gasteiger charge is 2.26. The molecule has 2 aromatic heterocycles. The van der Waals surface area contributed by atoms with Crippen LogP contribution in [0.25, 0.3) is 0 Å². The number of carbonyl (C=O) groups is 1. The van der Waals surface area contributed by atoms with Crippen LogP contribution in [0.3, 0.4) is 0 Å². The van der Waals surface area contributed by atoms with Gasteiger partial charge >= 0.3 is 0 Å². The molecule has 0 aromatic carbocycles. The predicted octanol–water partition coefficient (Wildman–Crippen LogP) is 1.59. The van der Waals surface area contributed by atoms with Crippen molar-refractivity contribution in [2.24, 2.45) is 0 Å². The van der Waals surface area contributed by atoms with Crippen LogP contribution in [0.5, 0.6) is 0 Å². The lowest BCUT2D eigenvalue weighted by atomic mass is 10.2. The minimum atomic E-state index is -0.348. The smallest absolute Gasteiger partial charge is 0.251 e. The number of ether oxygens (including phenoxy) is 1. The number of H-pyrrole nitrogens is 1. The van der Waals surface area contributed by atoms with Crippen molar-refractivity contribution in [1.82, 2.24) is 14.9 Å². The second kappa shape index (κ2) is 6.64. The van der Waals surface area contributed by atoms with Crippen LogP contribution < -0.4 is 5.56 Å². The van der Waals surface area contributed by atoms with Crippen LogP contribution in [0.4, 0.5) is 0 Å². The molecule has 6 nitrogen and oxygen atoms in total. The van der Waals surface area contributed by atoms with Crippen LogP contribution in [0, 0.1) is 13.8 Å².